The molecule has 0 aliphatic carbocycles. The molecule has 1 aliphatic rings. The van der Waals surface area contributed by atoms with E-state index in [-0.39, 0.29) is 5.75 Å². The fraction of sp³-hybridized carbons (Fsp3) is 0.263. The Hall–Kier alpha value is -2.35. The minimum Gasteiger partial charge on any atom is -0.772 e. The minimum atomic E-state index is -2.13. The summed E-state index contributed by atoms with van der Waals surface area (Å²) in [5.74, 6) is 0.833. The summed E-state index contributed by atoms with van der Waals surface area (Å²) in [4.78, 5) is 11.4. The second-order valence-electron chi connectivity index (χ2n) is 6.14. The van der Waals surface area contributed by atoms with Crippen molar-refractivity contribution in [1.29, 1.82) is 0 Å². The molecule has 2 heterocycles. The van der Waals surface area contributed by atoms with Crippen molar-refractivity contribution < 1.29 is 13.5 Å². The fourth-order valence-corrected chi connectivity index (χ4v) is 3.67. The highest BCUT2D eigenvalue weighted by atomic mass is 32.2. The summed E-state index contributed by atoms with van der Waals surface area (Å²) < 4.78 is 27.7. The zero-order valence-corrected chi connectivity index (χ0v) is 14.9. The zero-order chi connectivity index (χ0) is 17.9. The van der Waals surface area contributed by atoms with Gasteiger partial charge in [0.05, 0.1) is 30.4 Å². The molecule has 26 heavy (non-hydrogen) atoms. The first-order chi connectivity index (χ1) is 12.7. The normalized spacial score (nSPS) is 16.0. The van der Waals surface area contributed by atoms with Crippen LogP contribution in [0.2, 0.25) is 0 Å². The molecule has 1 aromatic heterocycles. The van der Waals surface area contributed by atoms with Gasteiger partial charge in [0.15, 0.2) is 0 Å². The maximum Gasteiger partial charge on any atom is 0.148 e. The van der Waals surface area contributed by atoms with Gasteiger partial charge in [-0.25, -0.2) is 4.98 Å². The van der Waals surface area contributed by atoms with Gasteiger partial charge in [-0.2, -0.15) is 0 Å². The van der Waals surface area contributed by atoms with Crippen molar-refractivity contribution >= 4 is 27.9 Å². The fourth-order valence-electron chi connectivity index (χ4n) is 3.17. The van der Waals surface area contributed by atoms with Crippen LogP contribution < -0.4 is 4.90 Å². The van der Waals surface area contributed by atoms with Crippen LogP contribution in [0, 0.1) is 0 Å². The molecule has 1 atom stereocenters. The molecule has 6 nitrogen and oxygen atoms in total. The van der Waals surface area contributed by atoms with Crippen molar-refractivity contribution in [1.82, 2.24) is 9.97 Å². The van der Waals surface area contributed by atoms with Crippen molar-refractivity contribution in [2.45, 2.75) is 5.75 Å². The van der Waals surface area contributed by atoms with E-state index in [4.69, 9.17) is 9.72 Å². The molecular weight excluding hydrogens is 350 g/mol. The maximum absolute atomic E-state index is 11.1. The number of morpholine rings is 1. The molecule has 1 saturated heterocycles. The Morgan fingerprint density at radius 3 is 2.73 bits per heavy atom. The van der Waals surface area contributed by atoms with Crippen LogP contribution in [0.25, 0.3) is 22.2 Å². The Balaban J connectivity index is 1.74. The molecule has 0 bridgehead atoms. The SMILES string of the molecule is O=S([O-])Cc1ccccc1-c1ccc2ncc(N3CCOCC3)nc2c1. The monoisotopic (exact) mass is 368 g/mol. The van der Waals surface area contributed by atoms with Crippen molar-refractivity contribution in [3.8, 4) is 11.1 Å². The van der Waals surface area contributed by atoms with Gasteiger partial charge in [0.1, 0.15) is 5.82 Å². The van der Waals surface area contributed by atoms with Crippen LogP contribution in [0.5, 0.6) is 0 Å². The van der Waals surface area contributed by atoms with Gasteiger partial charge in [-0.15, -0.1) is 0 Å². The number of anilines is 1. The number of hydrogen-bond acceptors (Lipinski definition) is 6. The lowest BCUT2D eigenvalue weighted by molar-refractivity contribution is 0.122. The van der Waals surface area contributed by atoms with Crippen molar-refractivity contribution in [2.75, 3.05) is 31.2 Å². The van der Waals surface area contributed by atoms with Gasteiger partial charge in [0, 0.05) is 18.8 Å². The van der Waals surface area contributed by atoms with E-state index in [1.165, 1.54) is 0 Å². The highest BCUT2D eigenvalue weighted by Gasteiger charge is 2.14. The van der Waals surface area contributed by atoms with Crippen LogP contribution in [0.1, 0.15) is 5.56 Å². The van der Waals surface area contributed by atoms with Gasteiger partial charge < -0.3 is 14.2 Å². The number of nitrogens with zero attached hydrogens (tertiary/aromatic N) is 3. The molecule has 0 saturated carbocycles. The molecule has 0 N–H and O–H groups in total. The Morgan fingerprint density at radius 1 is 1.12 bits per heavy atom. The first kappa shape index (κ1) is 17.1. The van der Waals surface area contributed by atoms with Crippen molar-refractivity contribution in [2.24, 2.45) is 0 Å². The largest absolute Gasteiger partial charge is 0.772 e. The van der Waals surface area contributed by atoms with Crippen LogP contribution in [0.3, 0.4) is 0 Å². The smallest absolute Gasteiger partial charge is 0.148 e. The van der Waals surface area contributed by atoms with Gasteiger partial charge in [-0.3, -0.25) is 9.19 Å². The Morgan fingerprint density at radius 2 is 1.92 bits per heavy atom. The van der Waals surface area contributed by atoms with Crippen molar-refractivity contribution in [3.63, 3.8) is 0 Å². The molecule has 0 radical (unpaired) electrons. The average Bonchev–Trinajstić information content (AvgIpc) is 2.68. The van der Waals surface area contributed by atoms with E-state index in [1.54, 1.807) is 6.20 Å². The molecule has 134 valence electrons. The lowest BCUT2D eigenvalue weighted by atomic mass is 10.00. The predicted octanol–water partition coefficient (Wildman–Crippen LogP) is 2.51. The van der Waals surface area contributed by atoms with Gasteiger partial charge in [0.25, 0.3) is 0 Å². The summed E-state index contributed by atoms with van der Waals surface area (Å²) in [5.41, 5.74) is 4.22. The highest BCUT2D eigenvalue weighted by Crippen LogP contribution is 2.27. The summed E-state index contributed by atoms with van der Waals surface area (Å²) in [6, 6.07) is 13.4. The third-order valence-corrected chi connectivity index (χ3v) is 5.01. The van der Waals surface area contributed by atoms with E-state index in [9.17, 15) is 8.76 Å². The van der Waals surface area contributed by atoms with Crippen LogP contribution >= 0.6 is 0 Å². The van der Waals surface area contributed by atoms with Crippen molar-refractivity contribution in [3.05, 3.63) is 54.2 Å². The molecule has 2 aromatic carbocycles. The van der Waals surface area contributed by atoms with E-state index in [0.717, 1.165) is 46.6 Å². The molecule has 0 spiro atoms. The molecule has 0 amide bonds. The lowest BCUT2D eigenvalue weighted by Gasteiger charge is -2.27. The molecular formula is C19H18N3O3S-. The van der Waals surface area contributed by atoms with Gasteiger partial charge in [-0.1, -0.05) is 41.4 Å². The number of aromatic nitrogens is 2. The third kappa shape index (κ3) is 3.60. The molecule has 3 aromatic rings. The van der Waals surface area contributed by atoms with Crippen LogP contribution in [0.15, 0.2) is 48.7 Å². The molecule has 7 heteroatoms. The lowest BCUT2D eigenvalue weighted by Crippen LogP contribution is -2.36. The van der Waals surface area contributed by atoms with Gasteiger partial charge in [-0.05, 0) is 28.8 Å². The standard InChI is InChI=1S/C19H19N3O3S/c23-26(24)13-15-3-1-2-4-16(15)14-5-6-17-18(11-14)21-19(12-20-17)22-7-9-25-10-8-22/h1-6,11-12H,7-10,13H2,(H,23,24)/p-1. The molecule has 1 fully saturated rings. The highest BCUT2D eigenvalue weighted by molar-refractivity contribution is 7.78. The number of rotatable bonds is 4. The second kappa shape index (κ2) is 7.49. The van der Waals surface area contributed by atoms with Crippen LogP contribution in [-0.4, -0.2) is 45.0 Å². The van der Waals surface area contributed by atoms with E-state index < -0.39 is 11.1 Å². The van der Waals surface area contributed by atoms with E-state index in [1.807, 2.05) is 42.5 Å². The predicted molar refractivity (Wildman–Crippen MR) is 101 cm³/mol. The summed E-state index contributed by atoms with van der Waals surface area (Å²) in [6.07, 6.45) is 1.79. The van der Waals surface area contributed by atoms with E-state index in [0.29, 0.717) is 13.2 Å². The summed E-state index contributed by atoms with van der Waals surface area (Å²) in [6.45, 7) is 3.00. The number of fused-ring (bicyclic) bond motifs is 1. The minimum absolute atomic E-state index is 0.00624. The van der Waals surface area contributed by atoms with E-state index in [2.05, 4.69) is 9.88 Å². The summed E-state index contributed by atoms with van der Waals surface area (Å²) in [5, 5.41) is 0. The molecule has 4 rings (SSSR count). The Bertz CT molecular complexity index is 958. The number of ether oxygens (including phenoxy) is 1. The topological polar surface area (TPSA) is 78.4 Å². The Kier molecular flexibility index (Phi) is 4.92. The second-order valence-corrected chi connectivity index (χ2v) is 7.03. The molecule has 1 aliphatic heterocycles. The third-order valence-electron chi connectivity index (χ3n) is 4.47. The first-order valence-electron chi connectivity index (χ1n) is 8.44. The molecule has 1 unspecified atom stereocenters. The average molecular weight is 368 g/mol. The summed E-state index contributed by atoms with van der Waals surface area (Å²) >= 11 is -2.13. The van der Waals surface area contributed by atoms with Crippen LogP contribution in [0.4, 0.5) is 5.82 Å². The summed E-state index contributed by atoms with van der Waals surface area (Å²) in [7, 11) is 0. The number of hydrogen-bond donors (Lipinski definition) is 0. The van der Waals surface area contributed by atoms with Gasteiger partial charge >= 0.3 is 0 Å². The van der Waals surface area contributed by atoms with Crippen LogP contribution in [-0.2, 0) is 21.6 Å². The zero-order valence-electron chi connectivity index (χ0n) is 14.1. The Labute approximate surface area is 154 Å². The first-order valence-corrected chi connectivity index (χ1v) is 9.69. The van der Waals surface area contributed by atoms with Gasteiger partial charge in [0.2, 0.25) is 0 Å². The quantitative estimate of drug-likeness (QED) is 0.659. The maximum atomic E-state index is 11.1. The number of benzene rings is 2. The van der Waals surface area contributed by atoms with E-state index >= 15 is 0 Å².